The summed E-state index contributed by atoms with van der Waals surface area (Å²) in [6.45, 7) is 4.09. The largest absolute Gasteiger partial charge is 0.384 e. The SMILES string of the molecule is CCNc1ccncc1S(=O)(=O)Nc1ccc(F)cc1C. The molecule has 0 aliphatic carbocycles. The van der Waals surface area contributed by atoms with Gasteiger partial charge in [-0.3, -0.25) is 9.71 Å². The van der Waals surface area contributed by atoms with Crippen LogP contribution in [0.15, 0.2) is 41.6 Å². The van der Waals surface area contributed by atoms with Crippen molar-refractivity contribution in [2.45, 2.75) is 18.7 Å². The number of aryl methyl sites for hydroxylation is 1. The molecule has 0 radical (unpaired) electrons. The van der Waals surface area contributed by atoms with Gasteiger partial charge in [-0.2, -0.15) is 0 Å². The third-order valence-electron chi connectivity index (χ3n) is 2.87. The smallest absolute Gasteiger partial charge is 0.265 e. The van der Waals surface area contributed by atoms with Crippen molar-refractivity contribution in [3.8, 4) is 0 Å². The molecule has 112 valence electrons. The molecule has 0 saturated heterocycles. The van der Waals surface area contributed by atoms with E-state index in [0.29, 0.717) is 23.5 Å². The van der Waals surface area contributed by atoms with Crippen molar-refractivity contribution in [1.82, 2.24) is 4.98 Å². The van der Waals surface area contributed by atoms with Crippen LogP contribution in [0.3, 0.4) is 0 Å². The second-order valence-electron chi connectivity index (χ2n) is 4.47. The number of anilines is 2. The van der Waals surface area contributed by atoms with Crippen LogP contribution in [0.5, 0.6) is 0 Å². The summed E-state index contributed by atoms with van der Waals surface area (Å²) in [5.41, 5.74) is 1.31. The van der Waals surface area contributed by atoms with E-state index >= 15 is 0 Å². The summed E-state index contributed by atoms with van der Waals surface area (Å²) in [7, 11) is -3.80. The zero-order chi connectivity index (χ0) is 15.5. The summed E-state index contributed by atoms with van der Waals surface area (Å²) < 4.78 is 40.4. The minimum absolute atomic E-state index is 0.0515. The first-order chi connectivity index (χ1) is 9.94. The fourth-order valence-electron chi connectivity index (χ4n) is 1.87. The van der Waals surface area contributed by atoms with Crippen LogP contribution >= 0.6 is 0 Å². The molecule has 0 spiro atoms. The summed E-state index contributed by atoms with van der Waals surface area (Å²) >= 11 is 0. The van der Waals surface area contributed by atoms with Gasteiger partial charge in [0.1, 0.15) is 10.7 Å². The van der Waals surface area contributed by atoms with Crippen LogP contribution in [0, 0.1) is 12.7 Å². The number of halogens is 1. The third kappa shape index (κ3) is 3.49. The standard InChI is InChI=1S/C14H16FN3O2S/c1-3-17-13-6-7-16-9-14(13)21(19,20)18-12-5-4-11(15)8-10(12)2/h4-9,18H,3H2,1-2H3,(H,16,17). The van der Waals surface area contributed by atoms with E-state index in [1.807, 2.05) is 6.92 Å². The molecule has 0 amide bonds. The molecule has 1 aromatic carbocycles. The molecule has 0 bridgehead atoms. The first kappa shape index (κ1) is 15.2. The Balaban J connectivity index is 2.39. The van der Waals surface area contributed by atoms with E-state index in [1.165, 1.54) is 30.6 Å². The van der Waals surface area contributed by atoms with Crippen molar-refractivity contribution in [3.63, 3.8) is 0 Å². The van der Waals surface area contributed by atoms with Gasteiger partial charge in [0.15, 0.2) is 0 Å². The van der Waals surface area contributed by atoms with E-state index in [1.54, 1.807) is 13.0 Å². The van der Waals surface area contributed by atoms with Crippen LogP contribution in [0.4, 0.5) is 15.8 Å². The molecule has 1 heterocycles. The van der Waals surface area contributed by atoms with E-state index in [2.05, 4.69) is 15.0 Å². The number of benzene rings is 1. The van der Waals surface area contributed by atoms with Crippen molar-refractivity contribution >= 4 is 21.4 Å². The first-order valence-corrected chi connectivity index (χ1v) is 7.89. The van der Waals surface area contributed by atoms with Crippen molar-refractivity contribution in [2.75, 3.05) is 16.6 Å². The second kappa shape index (κ2) is 6.09. The van der Waals surface area contributed by atoms with Gasteiger partial charge in [0.25, 0.3) is 10.0 Å². The summed E-state index contributed by atoms with van der Waals surface area (Å²) in [4.78, 5) is 3.90. The van der Waals surface area contributed by atoms with Gasteiger partial charge >= 0.3 is 0 Å². The lowest BCUT2D eigenvalue weighted by molar-refractivity contribution is 0.600. The topological polar surface area (TPSA) is 71.1 Å². The number of nitrogens with zero attached hydrogens (tertiary/aromatic N) is 1. The Morgan fingerprint density at radius 3 is 2.67 bits per heavy atom. The molecule has 0 saturated carbocycles. The van der Waals surface area contributed by atoms with Gasteiger partial charge in [-0.25, -0.2) is 12.8 Å². The van der Waals surface area contributed by atoms with E-state index in [9.17, 15) is 12.8 Å². The maximum Gasteiger partial charge on any atom is 0.265 e. The van der Waals surface area contributed by atoms with E-state index in [0.717, 1.165) is 0 Å². The third-order valence-corrected chi connectivity index (χ3v) is 4.27. The zero-order valence-electron chi connectivity index (χ0n) is 11.7. The highest BCUT2D eigenvalue weighted by Crippen LogP contribution is 2.24. The molecule has 7 heteroatoms. The lowest BCUT2D eigenvalue weighted by Crippen LogP contribution is -2.16. The zero-order valence-corrected chi connectivity index (χ0v) is 12.5. The van der Waals surface area contributed by atoms with Gasteiger partial charge in [0.05, 0.1) is 11.4 Å². The monoisotopic (exact) mass is 309 g/mol. The number of hydrogen-bond acceptors (Lipinski definition) is 4. The summed E-state index contributed by atoms with van der Waals surface area (Å²) in [5.74, 6) is -0.412. The molecular weight excluding hydrogens is 293 g/mol. The summed E-state index contributed by atoms with van der Waals surface area (Å²) in [6.07, 6.45) is 2.79. The average Bonchev–Trinajstić information content (AvgIpc) is 2.43. The van der Waals surface area contributed by atoms with Crippen LogP contribution in [0.25, 0.3) is 0 Å². The number of rotatable bonds is 5. The molecule has 2 N–H and O–H groups in total. The maximum atomic E-state index is 13.1. The Morgan fingerprint density at radius 1 is 1.24 bits per heavy atom. The normalized spacial score (nSPS) is 11.2. The molecule has 2 rings (SSSR count). The van der Waals surface area contributed by atoms with Crippen molar-refractivity contribution in [1.29, 1.82) is 0 Å². The van der Waals surface area contributed by atoms with Gasteiger partial charge in [-0.15, -0.1) is 0 Å². The van der Waals surface area contributed by atoms with Gasteiger partial charge in [0, 0.05) is 18.9 Å². The number of sulfonamides is 1. The van der Waals surface area contributed by atoms with Gasteiger partial charge in [0.2, 0.25) is 0 Å². The van der Waals surface area contributed by atoms with Crippen LogP contribution < -0.4 is 10.0 Å². The summed E-state index contributed by atoms with van der Waals surface area (Å²) in [5, 5.41) is 2.97. The summed E-state index contributed by atoms with van der Waals surface area (Å²) in [6, 6.07) is 5.46. The number of aromatic nitrogens is 1. The fourth-order valence-corrected chi connectivity index (χ4v) is 3.13. The number of pyridine rings is 1. The van der Waals surface area contributed by atoms with Gasteiger partial charge in [-0.05, 0) is 43.7 Å². The molecule has 0 atom stereocenters. The van der Waals surface area contributed by atoms with Crippen LogP contribution in [-0.4, -0.2) is 19.9 Å². The molecule has 0 aliphatic rings. The highest BCUT2D eigenvalue weighted by atomic mass is 32.2. The average molecular weight is 309 g/mol. The van der Waals surface area contributed by atoms with Gasteiger partial charge in [-0.1, -0.05) is 0 Å². The Labute approximate surface area is 123 Å². The lowest BCUT2D eigenvalue weighted by Gasteiger charge is -2.13. The number of hydrogen-bond donors (Lipinski definition) is 2. The highest BCUT2D eigenvalue weighted by molar-refractivity contribution is 7.92. The first-order valence-electron chi connectivity index (χ1n) is 6.41. The molecule has 0 aliphatic heterocycles. The number of nitrogens with one attached hydrogen (secondary N) is 2. The minimum atomic E-state index is -3.80. The van der Waals surface area contributed by atoms with Crippen molar-refractivity contribution < 1.29 is 12.8 Å². The van der Waals surface area contributed by atoms with E-state index < -0.39 is 15.8 Å². The Kier molecular flexibility index (Phi) is 4.42. The molecule has 21 heavy (non-hydrogen) atoms. The van der Waals surface area contributed by atoms with E-state index in [4.69, 9.17) is 0 Å². The Hall–Kier alpha value is -2.15. The lowest BCUT2D eigenvalue weighted by atomic mass is 10.2. The minimum Gasteiger partial charge on any atom is -0.384 e. The van der Waals surface area contributed by atoms with Crippen molar-refractivity contribution in [3.05, 3.63) is 48.0 Å². The molecule has 0 fully saturated rings. The van der Waals surface area contributed by atoms with Crippen LogP contribution in [-0.2, 0) is 10.0 Å². The maximum absolute atomic E-state index is 13.1. The molecule has 0 unspecified atom stereocenters. The highest BCUT2D eigenvalue weighted by Gasteiger charge is 2.19. The quantitative estimate of drug-likeness (QED) is 0.891. The van der Waals surface area contributed by atoms with Crippen LogP contribution in [0.2, 0.25) is 0 Å². The molecule has 1 aromatic heterocycles. The predicted octanol–water partition coefficient (Wildman–Crippen LogP) is 2.76. The molecule has 5 nitrogen and oxygen atoms in total. The second-order valence-corrected chi connectivity index (χ2v) is 6.12. The van der Waals surface area contributed by atoms with E-state index in [-0.39, 0.29) is 4.90 Å². The predicted molar refractivity (Wildman–Crippen MR) is 80.3 cm³/mol. The molecule has 2 aromatic rings. The Bertz CT molecular complexity index is 748. The van der Waals surface area contributed by atoms with Crippen molar-refractivity contribution in [2.24, 2.45) is 0 Å². The van der Waals surface area contributed by atoms with Gasteiger partial charge < -0.3 is 5.32 Å². The fraction of sp³-hybridized carbons (Fsp3) is 0.214. The molecular formula is C14H16FN3O2S. The Morgan fingerprint density at radius 2 is 2.00 bits per heavy atom. The van der Waals surface area contributed by atoms with Crippen LogP contribution in [0.1, 0.15) is 12.5 Å².